The molecule has 0 aliphatic heterocycles. The topological polar surface area (TPSA) is 47.8 Å². The van der Waals surface area contributed by atoms with E-state index in [9.17, 15) is 4.79 Å². The number of aromatic nitrogens is 3. The third-order valence-corrected chi connectivity index (χ3v) is 5.02. The SMILES string of the molecule is CCc1nc2cccc(C#Cc3csc(C)n3)c2c(=O)n1-c1ccccc1. The number of aryl methyl sites for hydroxylation is 2. The highest BCUT2D eigenvalue weighted by atomic mass is 32.1. The molecule has 0 aliphatic rings. The summed E-state index contributed by atoms with van der Waals surface area (Å²) in [5.74, 6) is 6.91. The summed E-state index contributed by atoms with van der Waals surface area (Å²) in [7, 11) is 0. The first kappa shape index (κ1) is 17.2. The number of fused-ring (bicyclic) bond motifs is 1. The summed E-state index contributed by atoms with van der Waals surface area (Å²) in [5.41, 5.74) is 2.78. The van der Waals surface area contributed by atoms with E-state index in [4.69, 9.17) is 4.98 Å². The van der Waals surface area contributed by atoms with Crippen LogP contribution in [0.25, 0.3) is 16.6 Å². The standard InChI is InChI=1S/C22H17N3OS/c1-3-20-24-19-11-7-8-16(12-13-17-14-27-15(2)23-17)21(19)22(26)25(20)18-9-5-4-6-10-18/h4-11,14H,3H2,1-2H3. The maximum absolute atomic E-state index is 13.4. The van der Waals surface area contributed by atoms with Gasteiger partial charge >= 0.3 is 0 Å². The molecule has 2 heterocycles. The van der Waals surface area contributed by atoms with Gasteiger partial charge in [0.15, 0.2) is 0 Å². The van der Waals surface area contributed by atoms with E-state index in [1.165, 1.54) is 0 Å². The second-order valence-corrected chi connectivity index (χ2v) is 7.12. The molecule has 0 N–H and O–H groups in total. The molecule has 0 unspecified atom stereocenters. The maximum Gasteiger partial charge on any atom is 0.267 e. The quantitative estimate of drug-likeness (QED) is 0.498. The Hall–Kier alpha value is -3.23. The van der Waals surface area contributed by atoms with Crippen LogP contribution in [0.4, 0.5) is 0 Å². The van der Waals surface area contributed by atoms with Crippen molar-refractivity contribution in [3.8, 4) is 17.5 Å². The average molecular weight is 371 g/mol. The number of rotatable bonds is 2. The monoisotopic (exact) mass is 371 g/mol. The van der Waals surface area contributed by atoms with Crippen LogP contribution < -0.4 is 5.56 Å². The molecule has 132 valence electrons. The summed E-state index contributed by atoms with van der Waals surface area (Å²) >= 11 is 1.56. The van der Waals surface area contributed by atoms with Gasteiger partial charge in [0, 0.05) is 17.4 Å². The largest absolute Gasteiger partial charge is 0.268 e. The van der Waals surface area contributed by atoms with E-state index in [-0.39, 0.29) is 5.56 Å². The predicted octanol–water partition coefficient (Wildman–Crippen LogP) is 4.11. The Bertz CT molecular complexity index is 1240. The van der Waals surface area contributed by atoms with Gasteiger partial charge in [0.05, 0.1) is 21.6 Å². The lowest BCUT2D eigenvalue weighted by Crippen LogP contribution is -2.24. The van der Waals surface area contributed by atoms with Gasteiger partial charge in [-0.2, -0.15) is 0 Å². The van der Waals surface area contributed by atoms with Gasteiger partial charge in [-0.05, 0) is 37.1 Å². The molecule has 0 atom stereocenters. The van der Waals surface area contributed by atoms with Crippen LogP contribution in [-0.4, -0.2) is 14.5 Å². The van der Waals surface area contributed by atoms with Gasteiger partial charge in [-0.1, -0.05) is 37.1 Å². The first-order valence-corrected chi connectivity index (χ1v) is 9.59. The lowest BCUT2D eigenvalue weighted by Gasteiger charge is -2.13. The number of nitrogens with zero attached hydrogens (tertiary/aromatic N) is 3. The van der Waals surface area contributed by atoms with Crippen LogP contribution in [0.5, 0.6) is 0 Å². The smallest absolute Gasteiger partial charge is 0.267 e. The van der Waals surface area contributed by atoms with E-state index >= 15 is 0 Å². The fraction of sp³-hybridized carbons (Fsp3) is 0.136. The van der Waals surface area contributed by atoms with Gasteiger partial charge in [-0.25, -0.2) is 9.97 Å². The summed E-state index contributed by atoms with van der Waals surface area (Å²) in [4.78, 5) is 22.5. The van der Waals surface area contributed by atoms with E-state index in [1.54, 1.807) is 15.9 Å². The van der Waals surface area contributed by atoms with Gasteiger partial charge in [0.1, 0.15) is 11.5 Å². The van der Waals surface area contributed by atoms with E-state index in [0.29, 0.717) is 22.9 Å². The maximum atomic E-state index is 13.4. The summed E-state index contributed by atoms with van der Waals surface area (Å²) < 4.78 is 1.68. The molecule has 0 radical (unpaired) electrons. The zero-order valence-electron chi connectivity index (χ0n) is 15.1. The molecule has 0 spiro atoms. The number of para-hydroxylation sites is 1. The van der Waals surface area contributed by atoms with Crippen molar-refractivity contribution in [2.45, 2.75) is 20.3 Å². The Labute approximate surface area is 161 Å². The van der Waals surface area contributed by atoms with Crippen molar-refractivity contribution in [1.29, 1.82) is 0 Å². The molecule has 27 heavy (non-hydrogen) atoms. The molecule has 0 amide bonds. The first-order chi connectivity index (χ1) is 13.2. The van der Waals surface area contributed by atoms with Crippen LogP contribution in [0.2, 0.25) is 0 Å². The first-order valence-electron chi connectivity index (χ1n) is 8.71. The van der Waals surface area contributed by atoms with Crippen molar-refractivity contribution in [2.75, 3.05) is 0 Å². The molecule has 5 heteroatoms. The Morgan fingerprint density at radius 2 is 1.85 bits per heavy atom. The molecule has 0 aliphatic carbocycles. The van der Waals surface area contributed by atoms with Crippen molar-refractivity contribution >= 4 is 22.2 Å². The Morgan fingerprint density at radius 1 is 1.04 bits per heavy atom. The minimum atomic E-state index is -0.0950. The molecule has 2 aromatic carbocycles. The summed E-state index contributed by atoms with van der Waals surface area (Å²) in [5, 5.41) is 3.43. The van der Waals surface area contributed by atoms with Crippen molar-refractivity contribution in [3.05, 3.63) is 86.4 Å². The van der Waals surface area contributed by atoms with E-state index < -0.39 is 0 Å². The van der Waals surface area contributed by atoms with Gasteiger partial charge in [0.25, 0.3) is 5.56 Å². The van der Waals surface area contributed by atoms with Crippen LogP contribution >= 0.6 is 11.3 Å². The second kappa shape index (κ2) is 7.18. The summed E-state index contributed by atoms with van der Waals surface area (Å²) in [6, 6.07) is 15.2. The highest BCUT2D eigenvalue weighted by Gasteiger charge is 2.13. The Balaban J connectivity index is 1.98. The van der Waals surface area contributed by atoms with Crippen LogP contribution in [0.15, 0.2) is 58.7 Å². The van der Waals surface area contributed by atoms with E-state index in [2.05, 4.69) is 16.8 Å². The van der Waals surface area contributed by atoms with Crippen LogP contribution in [0.1, 0.15) is 29.0 Å². The summed E-state index contributed by atoms with van der Waals surface area (Å²) in [6.07, 6.45) is 0.661. The van der Waals surface area contributed by atoms with Crippen molar-refractivity contribution < 1.29 is 0 Å². The highest BCUT2D eigenvalue weighted by molar-refractivity contribution is 7.09. The fourth-order valence-corrected chi connectivity index (χ4v) is 3.56. The third-order valence-electron chi connectivity index (χ3n) is 4.24. The van der Waals surface area contributed by atoms with Crippen molar-refractivity contribution in [3.63, 3.8) is 0 Å². The predicted molar refractivity (Wildman–Crippen MR) is 110 cm³/mol. The van der Waals surface area contributed by atoms with Crippen LogP contribution in [-0.2, 0) is 6.42 Å². The van der Waals surface area contributed by atoms with E-state index in [1.807, 2.05) is 67.8 Å². The van der Waals surface area contributed by atoms with Crippen molar-refractivity contribution in [2.24, 2.45) is 0 Å². The van der Waals surface area contributed by atoms with Gasteiger partial charge in [-0.15, -0.1) is 11.3 Å². The van der Waals surface area contributed by atoms with Crippen LogP contribution in [0, 0.1) is 18.8 Å². The van der Waals surface area contributed by atoms with Crippen molar-refractivity contribution in [1.82, 2.24) is 14.5 Å². The van der Waals surface area contributed by atoms with Crippen LogP contribution in [0.3, 0.4) is 0 Å². The number of hydrogen-bond acceptors (Lipinski definition) is 4. The number of benzene rings is 2. The van der Waals surface area contributed by atoms with E-state index in [0.717, 1.165) is 22.2 Å². The van der Waals surface area contributed by atoms with Gasteiger partial charge in [0.2, 0.25) is 0 Å². The normalized spacial score (nSPS) is 10.6. The zero-order valence-corrected chi connectivity index (χ0v) is 15.9. The zero-order chi connectivity index (χ0) is 18.8. The molecule has 4 rings (SSSR count). The fourth-order valence-electron chi connectivity index (χ4n) is 3.01. The molecule has 4 aromatic rings. The minimum Gasteiger partial charge on any atom is -0.268 e. The average Bonchev–Trinajstić information content (AvgIpc) is 3.11. The molecule has 2 aromatic heterocycles. The molecule has 0 bridgehead atoms. The second-order valence-electron chi connectivity index (χ2n) is 6.06. The van der Waals surface area contributed by atoms with Gasteiger partial charge in [-0.3, -0.25) is 9.36 Å². The molecule has 0 saturated heterocycles. The third kappa shape index (κ3) is 3.27. The Morgan fingerprint density at radius 3 is 2.56 bits per heavy atom. The molecular weight excluding hydrogens is 354 g/mol. The highest BCUT2D eigenvalue weighted by Crippen LogP contribution is 2.17. The Kier molecular flexibility index (Phi) is 4.57. The summed E-state index contributed by atoms with van der Waals surface area (Å²) in [6.45, 7) is 3.95. The lowest BCUT2D eigenvalue weighted by molar-refractivity contribution is 0.833. The number of thiazole rings is 1. The molecule has 4 nitrogen and oxygen atoms in total. The molecule has 0 fully saturated rings. The molecular formula is C22H17N3OS. The minimum absolute atomic E-state index is 0.0950. The number of hydrogen-bond donors (Lipinski definition) is 0. The lowest BCUT2D eigenvalue weighted by atomic mass is 10.1. The molecule has 0 saturated carbocycles. The van der Waals surface area contributed by atoms with Gasteiger partial charge < -0.3 is 0 Å².